The number of rotatable bonds is 16. The van der Waals surface area contributed by atoms with Gasteiger partial charge in [0, 0.05) is 13.3 Å². The quantitative estimate of drug-likeness (QED) is 0.199. The molecule has 0 fully saturated rings. The molecule has 31 heavy (non-hydrogen) atoms. The summed E-state index contributed by atoms with van der Waals surface area (Å²) in [6.07, 6.45) is 8.99. The number of hydrogen-bond acceptors (Lipinski definition) is 7. The van der Waals surface area contributed by atoms with Crippen molar-refractivity contribution in [1.29, 1.82) is 0 Å². The molecule has 1 aromatic rings. The zero-order valence-corrected chi connectivity index (χ0v) is 19.1. The summed E-state index contributed by atoms with van der Waals surface area (Å²) in [6.45, 7) is 6.09. The third kappa shape index (κ3) is 12.0. The van der Waals surface area contributed by atoms with E-state index in [1.807, 2.05) is 6.92 Å². The van der Waals surface area contributed by atoms with Gasteiger partial charge < -0.3 is 18.9 Å². The Morgan fingerprint density at radius 2 is 1.39 bits per heavy atom. The van der Waals surface area contributed by atoms with Gasteiger partial charge in [-0.2, -0.15) is 0 Å². The second kappa shape index (κ2) is 16.2. The van der Waals surface area contributed by atoms with Crippen LogP contribution in [-0.2, 0) is 19.1 Å². The Bertz CT molecular complexity index is 685. The van der Waals surface area contributed by atoms with Gasteiger partial charge in [0.25, 0.3) is 0 Å². The summed E-state index contributed by atoms with van der Waals surface area (Å²) in [7, 11) is 0. The Kier molecular flexibility index (Phi) is 13.8. The van der Waals surface area contributed by atoms with Gasteiger partial charge in [0.15, 0.2) is 11.5 Å². The fourth-order valence-electron chi connectivity index (χ4n) is 3.05. The van der Waals surface area contributed by atoms with Gasteiger partial charge in [-0.25, -0.2) is 4.79 Å². The van der Waals surface area contributed by atoms with Crippen LogP contribution in [0.25, 0.3) is 0 Å². The third-order valence-electron chi connectivity index (χ3n) is 4.55. The van der Waals surface area contributed by atoms with E-state index in [4.69, 9.17) is 18.9 Å². The molecule has 1 aromatic carbocycles. The van der Waals surface area contributed by atoms with E-state index in [9.17, 15) is 14.4 Å². The summed E-state index contributed by atoms with van der Waals surface area (Å²) in [5, 5.41) is 0. The smallest absolute Gasteiger partial charge is 0.338 e. The molecule has 174 valence electrons. The average molecular weight is 437 g/mol. The van der Waals surface area contributed by atoms with E-state index in [0.29, 0.717) is 30.9 Å². The van der Waals surface area contributed by atoms with Crippen LogP contribution >= 0.6 is 0 Å². The van der Waals surface area contributed by atoms with Crippen molar-refractivity contribution in [3.63, 3.8) is 0 Å². The molecule has 0 heterocycles. The van der Waals surface area contributed by atoms with Crippen molar-refractivity contribution in [3.05, 3.63) is 23.8 Å². The SMILES string of the molecule is CCOC(=O)CCCCCCCCCCOc1ccc(C(=O)OCC)cc1OC(C)=O. The van der Waals surface area contributed by atoms with Crippen LogP contribution in [0.5, 0.6) is 11.5 Å². The normalized spacial score (nSPS) is 10.4. The van der Waals surface area contributed by atoms with Crippen LogP contribution in [0.15, 0.2) is 18.2 Å². The molecule has 0 amide bonds. The lowest BCUT2D eigenvalue weighted by Gasteiger charge is -2.12. The number of carbonyl (C=O) groups is 3. The highest BCUT2D eigenvalue weighted by atomic mass is 16.6. The molecule has 0 aliphatic rings. The maximum Gasteiger partial charge on any atom is 0.338 e. The molecule has 0 aliphatic carbocycles. The van der Waals surface area contributed by atoms with Crippen molar-refractivity contribution < 1.29 is 33.3 Å². The maximum absolute atomic E-state index is 11.9. The Morgan fingerprint density at radius 3 is 2.00 bits per heavy atom. The number of carbonyl (C=O) groups excluding carboxylic acids is 3. The molecule has 0 N–H and O–H groups in total. The van der Waals surface area contributed by atoms with Crippen molar-refractivity contribution >= 4 is 17.9 Å². The predicted molar refractivity (Wildman–Crippen MR) is 117 cm³/mol. The summed E-state index contributed by atoms with van der Waals surface area (Å²) >= 11 is 0. The van der Waals surface area contributed by atoms with Crippen LogP contribution in [0.3, 0.4) is 0 Å². The van der Waals surface area contributed by atoms with E-state index in [-0.39, 0.29) is 18.3 Å². The number of esters is 3. The zero-order valence-electron chi connectivity index (χ0n) is 19.1. The molecule has 1 rings (SSSR count). The minimum absolute atomic E-state index is 0.102. The number of ether oxygens (including phenoxy) is 4. The molecule has 0 aliphatic heterocycles. The van der Waals surface area contributed by atoms with E-state index in [2.05, 4.69) is 0 Å². The molecule has 0 atom stereocenters. The standard InChI is InChI=1S/C24H36O7/c1-4-28-23(26)14-12-10-8-6-7-9-11-13-17-30-21-16-15-20(24(27)29-5-2)18-22(21)31-19(3)25/h15-16,18H,4-14,17H2,1-3H3. The topological polar surface area (TPSA) is 88.1 Å². The Morgan fingerprint density at radius 1 is 0.774 bits per heavy atom. The summed E-state index contributed by atoms with van der Waals surface area (Å²) in [6, 6.07) is 4.69. The van der Waals surface area contributed by atoms with Gasteiger partial charge in [-0.05, 0) is 44.9 Å². The Hall–Kier alpha value is -2.57. The van der Waals surface area contributed by atoms with Gasteiger partial charge in [0.05, 0.1) is 25.4 Å². The first-order chi connectivity index (χ1) is 15.0. The zero-order chi connectivity index (χ0) is 22.9. The predicted octanol–water partition coefficient (Wildman–Crippen LogP) is 5.24. The van der Waals surface area contributed by atoms with Crippen LogP contribution < -0.4 is 9.47 Å². The van der Waals surface area contributed by atoms with Gasteiger partial charge in [0.1, 0.15) is 0 Å². The van der Waals surface area contributed by atoms with E-state index in [1.54, 1.807) is 19.1 Å². The third-order valence-corrected chi connectivity index (χ3v) is 4.55. The van der Waals surface area contributed by atoms with Gasteiger partial charge in [-0.15, -0.1) is 0 Å². The fourth-order valence-corrected chi connectivity index (χ4v) is 3.05. The average Bonchev–Trinajstić information content (AvgIpc) is 2.72. The molecule has 7 heteroatoms. The van der Waals surface area contributed by atoms with E-state index in [1.165, 1.54) is 13.0 Å². The van der Waals surface area contributed by atoms with E-state index in [0.717, 1.165) is 51.4 Å². The first-order valence-electron chi connectivity index (χ1n) is 11.3. The van der Waals surface area contributed by atoms with Crippen LogP contribution in [0.2, 0.25) is 0 Å². The molecule has 0 unspecified atom stereocenters. The van der Waals surface area contributed by atoms with Crippen LogP contribution in [0, 0.1) is 0 Å². The van der Waals surface area contributed by atoms with E-state index >= 15 is 0 Å². The molecule has 0 saturated heterocycles. The monoisotopic (exact) mass is 436 g/mol. The maximum atomic E-state index is 11.9. The highest BCUT2D eigenvalue weighted by Gasteiger charge is 2.14. The van der Waals surface area contributed by atoms with Crippen molar-refractivity contribution in [1.82, 2.24) is 0 Å². The summed E-state index contributed by atoms with van der Waals surface area (Å²) < 4.78 is 20.8. The molecular weight excluding hydrogens is 400 g/mol. The summed E-state index contributed by atoms with van der Waals surface area (Å²) in [5.41, 5.74) is 0.313. The first-order valence-corrected chi connectivity index (χ1v) is 11.3. The highest BCUT2D eigenvalue weighted by Crippen LogP contribution is 2.29. The van der Waals surface area contributed by atoms with Crippen molar-refractivity contribution in [2.75, 3.05) is 19.8 Å². The van der Waals surface area contributed by atoms with Crippen molar-refractivity contribution in [3.8, 4) is 11.5 Å². The van der Waals surface area contributed by atoms with Crippen molar-refractivity contribution in [2.24, 2.45) is 0 Å². The fraction of sp³-hybridized carbons (Fsp3) is 0.625. The van der Waals surface area contributed by atoms with Crippen LogP contribution in [-0.4, -0.2) is 37.7 Å². The number of benzene rings is 1. The lowest BCUT2D eigenvalue weighted by Crippen LogP contribution is -2.08. The van der Waals surface area contributed by atoms with Crippen molar-refractivity contribution in [2.45, 2.75) is 78.6 Å². The molecular formula is C24H36O7. The van der Waals surface area contributed by atoms with Crippen LogP contribution in [0.4, 0.5) is 0 Å². The minimum atomic E-state index is -0.479. The number of hydrogen-bond donors (Lipinski definition) is 0. The highest BCUT2D eigenvalue weighted by molar-refractivity contribution is 5.90. The molecule has 0 bridgehead atoms. The molecule has 0 aromatic heterocycles. The minimum Gasteiger partial charge on any atom is -0.490 e. The molecule has 7 nitrogen and oxygen atoms in total. The number of unbranched alkanes of at least 4 members (excludes halogenated alkanes) is 7. The van der Waals surface area contributed by atoms with Gasteiger partial charge in [-0.3, -0.25) is 9.59 Å². The molecule has 0 saturated carbocycles. The van der Waals surface area contributed by atoms with Gasteiger partial charge in [0.2, 0.25) is 0 Å². The molecule has 0 radical (unpaired) electrons. The second-order valence-corrected chi connectivity index (χ2v) is 7.21. The lowest BCUT2D eigenvalue weighted by atomic mass is 10.1. The Balaban J connectivity index is 2.24. The summed E-state index contributed by atoms with van der Waals surface area (Å²) in [4.78, 5) is 34.5. The van der Waals surface area contributed by atoms with E-state index < -0.39 is 11.9 Å². The Labute approximate surface area is 185 Å². The molecule has 0 spiro atoms. The first kappa shape index (κ1) is 26.5. The second-order valence-electron chi connectivity index (χ2n) is 7.21. The van der Waals surface area contributed by atoms with Gasteiger partial charge >= 0.3 is 17.9 Å². The summed E-state index contributed by atoms with van der Waals surface area (Å²) in [5.74, 6) is -0.392. The largest absolute Gasteiger partial charge is 0.490 e. The lowest BCUT2D eigenvalue weighted by molar-refractivity contribution is -0.143. The van der Waals surface area contributed by atoms with Gasteiger partial charge in [-0.1, -0.05) is 38.5 Å². The van der Waals surface area contributed by atoms with Crippen LogP contribution in [0.1, 0.15) is 88.9 Å².